The van der Waals surface area contributed by atoms with Gasteiger partial charge in [-0.25, -0.2) is 4.98 Å². The number of aromatic nitrogens is 2. The van der Waals surface area contributed by atoms with Crippen molar-refractivity contribution < 1.29 is 9.47 Å². The predicted octanol–water partition coefficient (Wildman–Crippen LogP) is 4.08. The number of rotatable bonds is 7. The molecule has 0 atom stereocenters. The van der Waals surface area contributed by atoms with Gasteiger partial charge in [0.1, 0.15) is 12.4 Å². The van der Waals surface area contributed by atoms with Gasteiger partial charge in [0, 0.05) is 6.42 Å². The van der Waals surface area contributed by atoms with Crippen LogP contribution in [0.5, 0.6) is 11.5 Å². The summed E-state index contributed by atoms with van der Waals surface area (Å²) in [4.78, 5) is 4.69. The smallest absolute Gasteiger partial charge is 0.161 e. The molecular formula is C19H22N2O2. The van der Waals surface area contributed by atoms with Gasteiger partial charge in [-0.3, -0.25) is 0 Å². The van der Waals surface area contributed by atoms with E-state index in [4.69, 9.17) is 9.47 Å². The number of benzene rings is 2. The van der Waals surface area contributed by atoms with Crippen molar-refractivity contribution in [2.45, 2.75) is 26.8 Å². The fourth-order valence-corrected chi connectivity index (χ4v) is 2.74. The third-order valence-corrected chi connectivity index (χ3v) is 3.77. The molecule has 0 aliphatic rings. The molecule has 0 radical (unpaired) electrons. The predicted molar refractivity (Wildman–Crippen MR) is 92.2 cm³/mol. The van der Waals surface area contributed by atoms with Crippen molar-refractivity contribution in [3.05, 3.63) is 54.4 Å². The van der Waals surface area contributed by atoms with Crippen LogP contribution in [0, 0.1) is 0 Å². The Morgan fingerprint density at radius 1 is 0.913 bits per heavy atom. The number of nitrogens with zero attached hydrogens (tertiary/aromatic N) is 2. The molecule has 0 N–H and O–H groups in total. The molecule has 0 unspecified atom stereocenters. The molecule has 0 saturated carbocycles. The second kappa shape index (κ2) is 7.18. The maximum atomic E-state index is 5.94. The van der Waals surface area contributed by atoms with Gasteiger partial charge in [-0.1, -0.05) is 31.2 Å². The molecule has 4 heteroatoms. The van der Waals surface area contributed by atoms with Gasteiger partial charge in [-0.15, -0.1) is 0 Å². The van der Waals surface area contributed by atoms with Crippen molar-refractivity contribution in [3.8, 4) is 11.5 Å². The third kappa shape index (κ3) is 3.31. The van der Waals surface area contributed by atoms with E-state index in [2.05, 4.69) is 28.6 Å². The molecule has 0 aliphatic heterocycles. The van der Waals surface area contributed by atoms with Crippen LogP contribution in [0.2, 0.25) is 0 Å². The van der Waals surface area contributed by atoms with E-state index in [-0.39, 0.29) is 0 Å². The lowest BCUT2D eigenvalue weighted by atomic mass is 10.3. The molecule has 3 aromatic rings. The fraction of sp³-hybridized carbons (Fsp3) is 0.316. The zero-order chi connectivity index (χ0) is 16.1. The lowest BCUT2D eigenvalue weighted by molar-refractivity contribution is 0.266. The van der Waals surface area contributed by atoms with Crippen LogP contribution >= 0.6 is 0 Å². The summed E-state index contributed by atoms with van der Waals surface area (Å²) < 4.78 is 13.8. The number of fused-ring (bicyclic) bond motifs is 1. The van der Waals surface area contributed by atoms with Gasteiger partial charge >= 0.3 is 0 Å². The fourth-order valence-electron chi connectivity index (χ4n) is 2.74. The van der Waals surface area contributed by atoms with Gasteiger partial charge in [0.25, 0.3) is 0 Å². The zero-order valence-electron chi connectivity index (χ0n) is 13.7. The highest BCUT2D eigenvalue weighted by Crippen LogP contribution is 2.26. The normalized spacial score (nSPS) is 10.9. The molecule has 0 aliphatic carbocycles. The van der Waals surface area contributed by atoms with Crippen molar-refractivity contribution in [2.24, 2.45) is 0 Å². The zero-order valence-corrected chi connectivity index (χ0v) is 13.7. The van der Waals surface area contributed by atoms with Gasteiger partial charge in [-0.05, 0) is 31.2 Å². The van der Waals surface area contributed by atoms with E-state index >= 15 is 0 Å². The molecule has 0 saturated heterocycles. The van der Waals surface area contributed by atoms with E-state index in [0.717, 1.165) is 41.3 Å². The van der Waals surface area contributed by atoms with Gasteiger partial charge in [0.2, 0.25) is 0 Å². The Balaban J connectivity index is 1.74. The minimum absolute atomic E-state index is 0.581. The average Bonchev–Trinajstić information content (AvgIpc) is 2.95. The standard InChI is InChI=1S/C19H22N2O2/c1-3-19-20-15-9-5-6-10-16(15)21(19)13-14-23-18-12-8-7-11-17(18)22-4-2/h5-12H,3-4,13-14H2,1-2H3. The Kier molecular flexibility index (Phi) is 4.81. The SMILES string of the molecule is CCOc1ccccc1OCCn1c(CC)nc2ccccc21. The number of hydrogen-bond acceptors (Lipinski definition) is 3. The molecule has 3 rings (SSSR count). The second-order valence-electron chi connectivity index (χ2n) is 5.25. The van der Waals surface area contributed by atoms with Crippen LogP contribution in [0.1, 0.15) is 19.7 Å². The number of hydrogen-bond donors (Lipinski definition) is 0. The Labute approximate surface area is 136 Å². The van der Waals surface area contributed by atoms with Gasteiger partial charge in [0.15, 0.2) is 11.5 Å². The van der Waals surface area contributed by atoms with Crippen molar-refractivity contribution in [1.82, 2.24) is 9.55 Å². The first-order chi connectivity index (χ1) is 11.3. The minimum Gasteiger partial charge on any atom is -0.490 e. The van der Waals surface area contributed by atoms with Crippen LogP contribution in [0.25, 0.3) is 11.0 Å². The highest BCUT2D eigenvalue weighted by molar-refractivity contribution is 5.75. The molecule has 1 heterocycles. The Hall–Kier alpha value is -2.49. The van der Waals surface area contributed by atoms with Crippen LogP contribution in [-0.2, 0) is 13.0 Å². The first-order valence-electron chi connectivity index (χ1n) is 8.12. The molecule has 120 valence electrons. The third-order valence-electron chi connectivity index (χ3n) is 3.77. The van der Waals surface area contributed by atoms with Crippen LogP contribution in [-0.4, -0.2) is 22.8 Å². The monoisotopic (exact) mass is 310 g/mol. The maximum Gasteiger partial charge on any atom is 0.161 e. The summed E-state index contributed by atoms with van der Waals surface area (Å²) in [5, 5.41) is 0. The highest BCUT2D eigenvalue weighted by Gasteiger charge is 2.09. The van der Waals surface area contributed by atoms with Gasteiger partial charge in [-0.2, -0.15) is 0 Å². The number of aryl methyl sites for hydroxylation is 1. The second-order valence-corrected chi connectivity index (χ2v) is 5.25. The van der Waals surface area contributed by atoms with Crippen molar-refractivity contribution >= 4 is 11.0 Å². The molecule has 0 bridgehead atoms. The topological polar surface area (TPSA) is 36.3 Å². The Morgan fingerprint density at radius 3 is 2.35 bits per heavy atom. The van der Waals surface area contributed by atoms with Crippen LogP contribution in [0.3, 0.4) is 0 Å². The molecule has 2 aromatic carbocycles. The molecule has 1 aromatic heterocycles. The highest BCUT2D eigenvalue weighted by atomic mass is 16.5. The van der Waals surface area contributed by atoms with Crippen LogP contribution in [0.4, 0.5) is 0 Å². The minimum atomic E-state index is 0.581. The summed E-state index contributed by atoms with van der Waals surface area (Å²) in [6, 6.07) is 16.0. The Bertz CT molecular complexity index is 780. The van der Waals surface area contributed by atoms with E-state index in [1.54, 1.807) is 0 Å². The van der Waals surface area contributed by atoms with Gasteiger partial charge in [0.05, 0.1) is 24.2 Å². The number of ether oxygens (including phenoxy) is 2. The summed E-state index contributed by atoms with van der Waals surface area (Å²) in [5.41, 5.74) is 2.20. The molecule has 0 spiro atoms. The first-order valence-corrected chi connectivity index (χ1v) is 8.12. The molecule has 0 fully saturated rings. The van der Waals surface area contributed by atoms with E-state index in [9.17, 15) is 0 Å². The van der Waals surface area contributed by atoms with Crippen LogP contribution < -0.4 is 9.47 Å². The lowest BCUT2D eigenvalue weighted by Crippen LogP contribution is -2.11. The Morgan fingerprint density at radius 2 is 1.61 bits per heavy atom. The molecular weight excluding hydrogens is 288 g/mol. The number of imidazole rings is 1. The van der Waals surface area contributed by atoms with Crippen molar-refractivity contribution in [2.75, 3.05) is 13.2 Å². The maximum absolute atomic E-state index is 5.94. The number of para-hydroxylation sites is 4. The van der Waals surface area contributed by atoms with Crippen LogP contribution in [0.15, 0.2) is 48.5 Å². The summed E-state index contributed by atoms with van der Waals surface area (Å²) in [6.07, 6.45) is 0.907. The van der Waals surface area contributed by atoms with Crippen molar-refractivity contribution in [1.29, 1.82) is 0 Å². The lowest BCUT2D eigenvalue weighted by Gasteiger charge is -2.13. The summed E-state index contributed by atoms with van der Waals surface area (Å²) in [6.45, 7) is 6.08. The quantitative estimate of drug-likeness (QED) is 0.660. The van der Waals surface area contributed by atoms with E-state index in [1.807, 2.05) is 43.3 Å². The van der Waals surface area contributed by atoms with E-state index in [0.29, 0.717) is 13.2 Å². The first kappa shape index (κ1) is 15.4. The van der Waals surface area contributed by atoms with Crippen molar-refractivity contribution in [3.63, 3.8) is 0 Å². The van der Waals surface area contributed by atoms with Gasteiger partial charge < -0.3 is 14.0 Å². The summed E-state index contributed by atoms with van der Waals surface area (Å²) in [5.74, 6) is 2.67. The summed E-state index contributed by atoms with van der Waals surface area (Å²) in [7, 11) is 0. The van der Waals surface area contributed by atoms with E-state index < -0.39 is 0 Å². The summed E-state index contributed by atoms with van der Waals surface area (Å²) >= 11 is 0. The average molecular weight is 310 g/mol. The molecule has 4 nitrogen and oxygen atoms in total. The van der Waals surface area contributed by atoms with E-state index in [1.165, 1.54) is 0 Å². The largest absolute Gasteiger partial charge is 0.490 e. The molecule has 0 amide bonds. The molecule has 23 heavy (non-hydrogen) atoms.